The highest BCUT2D eigenvalue weighted by atomic mass is 16.3. The van der Waals surface area contributed by atoms with Gasteiger partial charge in [-0.2, -0.15) is 0 Å². The van der Waals surface area contributed by atoms with Crippen LogP contribution in [-0.2, 0) is 13.1 Å². The lowest BCUT2D eigenvalue weighted by Gasteiger charge is -2.33. The van der Waals surface area contributed by atoms with Crippen molar-refractivity contribution in [1.29, 1.82) is 0 Å². The lowest BCUT2D eigenvalue weighted by atomic mass is 9.92. The van der Waals surface area contributed by atoms with Crippen LogP contribution in [0.5, 0.6) is 5.75 Å². The number of hydrogen-bond acceptors (Lipinski definition) is 6. The first-order chi connectivity index (χ1) is 18.4. The van der Waals surface area contributed by atoms with Crippen LogP contribution in [0.3, 0.4) is 0 Å². The van der Waals surface area contributed by atoms with E-state index < -0.39 is 6.10 Å². The fourth-order valence-electron chi connectivity index (χ4n) is 5.74. The monoisotopic (exact) mass is 518 g/mol. The number of benzene rings is 2. The zero-order valence-corrected chi connectivity index (χ0v) is 21.9. The van der Waals surface area contributed by atoms with Crippen molar-refractivity contribution in [3.05, 3.63) is 76.2 Å². The van der Waals surface area contributed by atoms with Crippen molar-refractivity contribution in [2.24, 2.45) is 0 Å². The number of fused-ring (bicyclic) bond motifs is 2. The summed E-state index contributed by atoms with van der Waals surface area (Å²) in [5.74, 6) is -0.0150. The Morgan fingerprint density at radius 2 is 1.92 bits per heavy atom. The van der Waals surface area contributed by atoms with E-state index in [1.807, 2.05) is 0 Å². The fraction of sp³-hybridized carbons (Fsp3) is 0.433. The minimum atomic E-state index is -0.786. The summed E-state index contributed by atoms with van der Waals surface area (Å²) in [7, 11) is 2.21. The number of pyridine rings is 1. The number of aromatic nitrogens is 2. The van der Waals surface area contributed by atoms with E-state index in [1.54, 1.807) is 12.1 Å². The summed E-state index contributed by atoms with van der Waals surface area (Å²) in [5.41, 5.74) is 3.06. The van der Waals surface area contributed by atoms with E-state index in [0.717, 1.165) is 50.8 Å². The molecule has 1 aliphatic carbocycles. The van der Waals surface area contributed by atoms with Crippen molar-refractivity contribution in [1.82, 2.24) is 19.8 Å². The normalized spacial score (nSPS) is 18.9. The van der Waals surface area contributed by atoms with Crippen molar-refractivity contribution in [2.45, 2.75) is 63.4 Å². The lowest BCUT2D eigenvalue weighted by Crippen LogP contribution is -2.37. The van der Waals surface area contributed by atoms with E-state index in [-0.39, 0.29) is 17.4 Å². The van der Waals surface area contributed by atoms with Gasteiger partial charge in [0, 0.05) is 48.8 Å². The van der Waals surface area contributed by atoms with Gasteiger partial charge in [0.2, 0.25) is 5.56 Å². The van der Waals surface area contributed by atoms with E-state index in [0.29, 0.717) is 35.6 Å². The summed E-state index contributed by atoms with van der Waals surface area (Å²) in [6, 6.07) is 15.4. The number of hydrogen-bond donors (Lipinski definition) is 5. The molecule has 1 saturated carbocycles. The maximum absolute atomic E-state index is 11.6. The topological polar surface area (TPSA) is 114 Å². The first-order valence-corrected chi connectivity index (χ1v) is 13.6. The largest absolute Gasteiger partial charge is 0.506 e. The van der Waals surface area contributed by atoms with Crippen molar-refractivity contribution in [3.8, 4) is 5.75 Å². The number of aryl methyl sites for hydroxylation is 1. The molecule has 38 heavy (non-hydrogen) atoms. The second-order valence-electron chi connectivity index (χ2n) is 10.6. The molecule has 0 spiro atoms. The van der Waals surface area contributed by atoms with Gasteiger partial charge < -0.3 is 35.1 Å². The van der Waals surface area contributed by atoms with Crippen LogP contribution in [0.1, 0.15) is 49.3 Å². The molecular formula is C30H38N4O4. The minimum Gasteiger partial charge on any atom is -0.506 e. The first kappa shape index (κ1) is 26.4. The van der Waals surface area contributed by atoms with Crippen molar-refractivity contribution >= 4 is 21.8 Å². The van der Waals surface area contributed by atoms with Gasteiger partial charge in [0.1, 0.15) is 5.75 Å². The SMILES string of the molecule is CN(CCCn1ccc2cc(CNC[C@@H](O)c3ccc(O)c4[nH]c(=O)ccc34)ccc21)C1CCC(O)CC1. The lowest BCUT2D eigenvalue weighted by molar-refractivity contribution is 0.0835. The number of nitrogens with zero attached hydrogens (tertiary/aromatic N) is 2. The molecule has 1 aliphatic rings. The third-order valence-corrected chi connectivity index (χ3v) is 7.97. The van der Waals surface area contributed by atoms with Crippen LogP contribution in [0.4, 0.5) is 0 Å². The van der Waals surface area contributed by atoms with Gasteiger partial charge in [-0.05, 0) is 92.5 Å². The molecule has 5 N–H and O–H groups in total. The summed E-state index contributed by atoms with van der Waals surface area (Å²) in [4.78, 5) is 16.7. The van der Waals surface area contributed by atoms with Crippen LogP contribution in [0.25, 0.3) is 21.8 Å². The van der Waals surface area contributed by atoms with Gasteiger partial charge in [-0.15, -0.1) is 0 Å². The summed E-state index contributed by atoms with van der Waals surface area (Å²) in [6.45, 7) is 2.98. The van der Waals surface area contributed by atoms with E-state index in [1.165, 1.54) is 23.0 Å². The molecule has 2 heterocycles. The number of aliphatic hydroxyl groups excluding tert-OH is 2. The zero-order chi connectivity index (χ0) is 26.6. The van der Waals surface area contributed by atoms with Crippen LogP contribution in [-0.4, -0.2) is 62.1 Å². The van der Waals surface area contributed by atoms with Crippen LogP contribution < -0.4 is 10.9 Å². The molecule has 5 rings (SSSR count). The second-order valence-corrected chi connectivity index (χ2v) is 10.6. The molecule has 0 saturated heterocycles. The maximum atomic E-state index is 11.6. The number of phenols is 1. The Bertz CT molecular complexity index is 1440. The number of aromatic hydroxyl groups is 1. The number of phenolic OH excluding ortho intramolecular Hbond substituents is 1. The maximum Gasteiger partial charge on any atom is 0.248 e. The van der Waals surface area contributed by atoms with Crippen LogP contribution >= 0.6 is 0 Å². The van der Waals surface area contributed by atoms with E-state index in [4.69, 9.17) is 0 Å². The molecule has 0 unspecified atom stereocenters. The van der Waals surface area contributed by atoms with Crippen molar-refractivity contribution < 1.29 is 15.3 Å². The van der Waals surface area contributed by atoms with Crippen LogP contribution in [0.15, 0.2) is 59.5 Å². The minimum absolute atomic E-state index is 0.0150. The zero-order valence-electron chi connectivity index (χ0n) is 21.9. The highest BCUT2D eigenvalue weighted by Crippen LogP contribution is 2.28. The number of aliphatic hydroxyl groups is 2. The standard InChI is InChI=1S/C30H38N4O4/c1-33(22-4-6-23(35)7-5-22)14-2-15-34-16-13-21-17-20(3-10-26(21)34)18-31-19-28(37)24-8-11-27(36)30-25(24)9-12-29(38)32-30/h3,8-13,16-17,22-23,28,31,35-37H,2,4-7,14-15,18-19H2,1H3,(H,32,38)/t22?,23?,28-/m1/s1. The molecule has 8 nitrogen and oxygen atoms in total. The second kappa shape index (κ2) is 11.7. The van der Waals surface area contributed by atoms with E-state index in [9.17, 15) is 20.1 Å². The van der Waals surface area contributed by atoms with Gasteiger partial charge in [-0.1, -0.05) is 12.1 Å². The van der Waals surface area contributed by atoms with Gasteiger partial charge in [0.25, 0.3) is 0 Å². The molecule has 1 fully saturated rings. The first-order valence-electron chi connectivity index (χ1n) is 13.6. The third-order valence-electron chi connectivity index (χ3n) is 7.97. The third kappa shape index (κ3) is 5.94. The average molecular weight is 519 g/mol. The Morgan fingerprint density at radius 3 is 2.74 bits per heavy atom. The molecule has 0 bridgehead atoms. The van der Waals surface area contributed by atoms with Gasteiger partial charge in [0.05, 0.1) is 17.7 Å². The van der Waals surface area contributed by atoms with E-state index in [2.05, 4.69) is 57.3 Å². The summed E-state index contributed by atoms with van der Waals surface area (Å²) in [6.07, 6.45) is 6.36. The Kier molecular flexibility index (Phi) is 8.14. The highest BCUT2D eigenvalue weighted by Gasteiger charge is 2.22. The predicted molar refractivity (Wildman–Crippen MR) is 150 cm³/mol. The average Bonchev–Trinajstić information content (AvgIpc) is 3.31. The number of rotatable bonds is 10. The molecule has 4 aromatic rings. The summed E-state index contributed by atoms with van der Waals surface area (Å²) < 4.78 is 2.31. The van der Waals surface area contributed by atoms with Crippen LogP contribution in [0, 0.1) is 0 Å². The van der Waals surface area contributed by atoms with Gasteiger partial charge in [-0.25, -0.2) is 0 Å². The van der Waals surface area contributed by atoms with Gasteiger partial charge in [0.15, 0.2) is 0 Å². The molecule has 0 radical (unpaired) electrons. The molecule has 2 aromatic carbocycles. The number of nitrogens with one attached hydrogen (secondary N) is 2. The Hall–Kier alpha value is -3.17. The summed E-state index contributed by atoms with van der Waals surface area (Å²) >= 11 is 0. The Morgan fingerprint density at radius 1 is 1.11 bits per heavy atom. The molecule has 1 atom stereocenters. The Labute approximate surface area is 222 Å². The highest BCUT2D eigenvalue weighted by molar-refractivity contribution is 5.87. The molecule has 8 heteroatoms. The Balaban J connectivity index is 1.14. The molecule has 2 aromatic heterocycles. The molecule has 0 aliphatic heterocycles. The van der Waals surface area contributed by atoms with Gasteiger partial charge in [-0.3, -0.25) is 4.79 Å². The predicted octanol–water partition coefficient (Wildman–Crippen LogP) is 3.64. The van der Waals surface area contributed by atoms with Crippen molar-refractivity contribution in [3.63, 3.8) is 0 Å². The molecule has 0 amide bonds. The number of aromatic amines is 1. The fourth-order valence-corrected chi connectivity index (χ4v) is 5.74. The smallest absolute Gasteiger partial charge is 0.248 e. The quantitative estimate of drug-likeness (QED) is 0.219. The summed E-state index contributed by atoms with van der Waals surface area (Å²) in [5, 5.41) is 35.8. The molecular weight excluding hydrogens is 480 g/mol. The van der Waals surface area contributed by atoms with Crippen LogP contribution in [0.2, 0.25) is 0 Å². The van der Waals surface area contributed by atoms with Gasteiger partial charge >= 0.3 is 0 Å². The van der Waals surface area contributed by atoms with Crippen molar-refractivity contribution in [2.75, 3.05) is 20.1 Å². The molecule has 202 valence electrons. The van der Waals surface area contributed by atoms with E-state index >= 15 is 0 Å². The number of H-pyrrole nitrogens is 1.